The highest BCUT2D eigenvalue weighted by Gasteiger charge is 2.38. The van der Waals surface area contributed by atoms with E-state index in [0.29, 0.717) is 6.42 Å². The summed E-state index contributed by atoms with van der Waals surface area (Å²) in [5.74, 6) is -0.564. The second kappa shape index (κ2) is 5.09. The topological polar surface area (TPSA) is 98.6 Å². The fraction of sp³-hybridized carbons (Fsp3) is 0.600. The van der Waals surface area contributed by atoms with E-state index < -0.39 is 16.9 Å². The van der Waals surface area contributed by atoms with Gasteiger partial charge in [-0.1, -0.05) is 19.9 Å². The van der Waals surface area contributed by atoms with E-state index in [1.54, 1.807) is 6.08 Å². The molecule has 0 bridgehead atoms. The lowest BCUT2D eigenvalue weighted by Crippen LogP contribution is -2.32. The van der Waals surface area contributed by atoms with Crippen molar-refractivity contribution >= 4 is 0 Å². The second-order valence-corrected chi connectivity index (χ2v) is 4.15. The molecule has 0 spiro atoms. The van der Waals surface area contributed by atoms with Crippen molar-refractivity contribution in [3.05, 3.63) is 33.7 Å². The zero-order valence-corrected chi connectivity index (χ0v) is 9.29. The van der Waals surface area contributed by atoms with Crippen molar-refractivity contribution in [3.8, 4) is 0 Å². The minimum atomic E-state index is -0.627. The van der Waals surface area contributed by atoms with Crippen LogP contribution in [0.25, 0.3) is 0 Å². The highest BCUT2D eigenvalue weighted by molar-refractivity contribution is 5.24. The summed E-state index contributed by atoms with van der Waals surface area (Å²) in [6.07, 6.45) is 2.93. The summed E-state index contributed by atoms with van der Waals surface area (Å²) in [5.41, 5.74) is 5.69. The molecule has 0 aromatic heterocycles. The summed E-state index contributed by atoms with van der Waals surface area (Å²) in [4.78, 5) is 14.8. The molecular formula is C10H16N2O4. The summed E-state index contributed by atoms with van der Waals surface area (Å²) in [6.45, 7) is 3.66. The number of nitrogens with two attached hydrogens (primary N) is 1. The molecule has 6 heteroatoms. The molecule has 2 atom stereocenters. The monoisotopic (exact) mass is 228 g/mol. The molecule has 1 aliphatic rings. The lowest BCUT2D eigenvalue weighted by Gasteiger charge is -2.23. The molecule has 6 nitrogen and oxygen atoms in total. The van der Waals surface area contributed by atoms with Crippen LogP contribution in [0.2, 0.25) is 0 Å². The van der Waals surface area contributed by atoms with E-state index in [-0.39, 0.29) is 17.3 Å². The number of hydrogen-bond acceptors (Lipinski definition) is 5. The highest BCUT2D eigenvalue weighted by Crippen LogP contribution is 2.31. The molecule has 1 rings (SSSR count). The van der Waals surface area contributed by atoms with Gasteiger partial charge in [-0.15, -0.1) is 0 Å². The molecule has 0 fully saturated rings. The van der Waals surface area contributed by atoms with Crippen molar-refractivity contribution in [3.63, 3.8) is 0 Å². The average Bonchev–Trinajstić information content (AvgIpc) is 2.36. The third-order valence-electron chi connectivity index (χ3n) is 2.73. The third-order valence-corrected chi connectivity index (χ3v) is 2.73. The number of rotatable bonds is 3. The predicted octanol–water partition coefficient (Wildman–Crippen LogP) is 1.52. The molecule has 0 aromatic carbocycles. The molecule has 0 heterocycles. The largest absolute Gasteiger partial charge is 0.393 e. The van der Waals surface area contributed by atoms with Gasteiger partial charge in [-0.25, -0.2) is 4.89 Å². The van der Waals surface area contributed by atoms with Gasteiger partial charge in [0.2, 0.25) is 0 Å². The Bertz CT molecular complexity index is 336. The number of nitrogens with zero attached hydrogens (tertiary/aromatic N) is 1. The normalized spacial score (nSPS) is 26.0. The van der Waals surface area contributed by atoms with Crippen LogP contribution in [-0.4, -0.2) is 16.3 Å². The minimum absolute atomic E-state index is 0.0454. The number of allylic oxidation sites excluding steroid dienone is 1. The van der Waals surface area contributed by atoms with Crippen LogP contribution in [0.15, 0.2) is 23.5 Å². The predicted molar refractivity (Wildman–Crippen MR) is 57.8 cm³/mol. The SMILES string of the molecule is CC(C)C1C([N+](=O)[O-])=C(N)C=CCC1OO. The van der Waals surface area contributed by atoms with Crippen LogP contribution in [0.3, 0.4) is 0 Å². The molecule has 0 radical (unpaired) electrons. The lowest BCUT2D eigenvalue weighted by atomic mass is 9.86. The van der Waals surface area contributed by atoms with Gasteiger partial charge in [-0.05, 0) is 18.4 Å². The van der Waals surface area contributed by atoms with E-state index in [1.165, 1.54) is 6.08 Å². The Kier molecular flexibility index (Phi) is 4.03. The molecule has 0 saturated heterocycles. The van der Waals surface area contributed by atoms with Crippen molar-refractivity contribution in [2.75, 3.05) is 0 Å². The van der Waals surface area contributed by atoms with Gasteiger partial charge in [-0.2, -0.15) is 0 Å². The molecule has 0 aliphatic heterocycles. The molecule has 3 N–H and O–H groups in total. The van der Waals surface area contributed by atoms with Gasteiger partial charge in [0.15, 0.2) is 0 Å². The smallest absolute Gasteiger partial charge is 0.274 e. The maximum atomic E-state index is 11.0. The Balaban J connectivity index is 3.20. The summed E-state index contributed by atoms with van der Waals surface area (Å²) in [6, 6.07) is 0. The first-order valence-corrected chi connectivity index (χ1v) is 5.09. The van der Waals surface area contributed by atoms with Crippen molar-refractivity contribution in [1.82, 2.24) is 0 Å². The van der Waals surface area contributed by atoms with Crippen LogP contribution >= 0.6 is 0 Å². The third kappa shape index (κ3) is 2.40. The molecule has 2 unspecified atom stereocenters. The van der Waals surface area contributed by atoms with Gasteiger partial charge in [-0.3, -0.25) is 15.4 Å². The van der Waals surface area contributed by atoms with E-state index >= 15 is 0 Å². The van der Waals surface area contributed by atoms with Crippen LogP contribution in [0.4, 0.5) is 0 Å². The minimum Gasteiger partial charge on any atom is -0.393 e. The fourth-order valence-corrected chi connectivity index (χ4v) is 2.01. The molecule has 16 heavy (non-hydrogen) atoms. The zero-order chi connectivity index (χ0) is 12.3. The number of nitro groups is 1. The Morgan fingerprint density at radius 2 is 2.31 bits per heavy atom. The van der Waals surface area contributed by atoms with Gasteiger partial charge >= 0.3 is 0 Å². The molecule has 0 amide bonds. The maximum Gasteiger partial charge on any atom is 0.274 e. The molecular weight excluding hydrogens is 212 g/mol. The van der Waals surface area contributed by atoms with Crippen LogP contribution in [0.5, 0.6) is 0 Å². The van der Waals surface area contributed by atoms with Gasteiger partial charge in [0.25, 0.3) is 5.70 Å². The molecule has 0 saturated carbocycles. The highest BCUT2D eigenvalue weighted by atomic mass is 17.1. The van der Waals surface area contributed by atoms with Crippen LogP contribution in [0.1, 0.15) is 20.3 Å². The fourth-order valence-electron chi connectivity index (χ4n) is 2.01. The van der Waals surface area contributed by atoms with Crippen molar-refractivity contribution in [2.24, 2.45) is 17.6 Å². The van der Waals surface area contributed by atoms with Crippen LogP contribution in [-0.2, 0) is 4.89 Å². The Morgan fingerprint density at radius 1 is 1.69 bits per heavy atom. The maximum absolute atomic E-state index is 11.0. The Hall–Kier alpha value is -1.40. The lowest BCUT2D eigenvalue weighted by molar-refractivity contribution is -0.442. The van der Waals surface area contributed by atoms with Crippen molar-refractivity contribution in [1.29, 1.82) is 0 Å². The van der Waals surface area contributed by atoms with Gasteiger partial charge in [0, 0.05) is 0 Å². The summed E-state index contributed by atoms with van der Waals surface area (Å²) >= 11 is 0. The van der Waals surface area contributed by atoms with E-state index in [9.17, 15) is 10.1 Å². The molecule has 90 valence electrons. The summed E-state index contributed by atoms with van der Waals surface area (Å²) < 4.78 is 0. The van der Waals surface area contributed by atoms with Crippen LogP contribution in [0, 0.1) is 22.0 Å². The van der Waals surface area contributed by atoms with Gasteiger partial charge in [0.1, 0.15) is 11.8 Å². The quantitative estimate of drug-likeness (QED) is 0.433. The Morgan fingerprint density at radius 3 is 2.75 bits per heavy atom. The van der Waals surface area contributed by atoms with Crippen molar-refractivity contribution in [2.45, 2.75) is 26.4 Å². The van der Waals surface area contributed by atoms with E-state index in [0.717, 1.165) is 0 Å². The standard InChI is InChI=1S/C10H16N2O4/c1-6(2)9-8(16-15)5-3-4-7(11)10(9)12(13)14/h3-4,6,8-9,15H,5,11H2,1-2H3. The number of hydrogen-bond donors (Lipinski definition) is 2. The van der Waals surface area contributed by atoms with E-state index in [4.69, 9.17) is 11.0 Å². The first-order valence-electron chi connectivity index (χ1n) is 5.09. The first-order chi connectivity index (χ1) is 7.49. The van der Waals surface area contributed by atoms with Gasteiger partial charge in [0.05, 0.1) is 10.8 Å². The molecule has 0 aromatic rings. The second-order valence-electron chi connectivity index (χ2n) is 4.15. The summed E-state index contributed by atoms with van der Waals surface area (Å²) in [7, 11) is 0. The van der Waals surface area contributed by atoms with E-state index in [2.05, 4.69) is 4.89 Å². The zero-order valence-electron chi connectivity index (χ0n) is 9.29. The van der Waals surface area contributed by atoms with E-state index in [1.807, 2.05) is 13.8 Å². The first kappa shape index (κ1) is 12.7. The van der Waals surface area contributed by atoms with Crippen LogP contribution < -0.4 is 5.73 Å². The van der Waals surface area contributed by atoms with Crippen molar-refractivity contribution < 1.29 is 15.1 Å². The average molecular weight is 228 g/mol. The Labute approximate surface area is 93.5 Å². The summed E-state index contributed by atoms with van der Waals surface area (Å²) in [5, 5.41) is 19.8. The molecule has 1 aliphatic carbocycles. The van der Waals surface area contributed by atoms with Gasteiger partial charge < -0.3 is 5.73 Å².